The Kier molecular flexibility index (Phi) is 8.23. The van der Waals surface area contributed by atoms with Crippen LogP contribution < -0.4 is 10.0 Å². The maximum atomic E-state index is 12.8. The molecule has 0 saturated carbocycles. The molecule has 0 fully saturated rings. The van der Waals surface area contributed by atoms with Crippen LogP contribution in [0.5, 0.6) is 0 Å². The van der Waals surface area contributed by atoms with Gasteiger partial charge in [-0.15, -0.1) is 10.2 Å². The number of carbonyl (C=O) groups excluding carboxylic acids is 1. The van der Waals surface area contributed by atoms with Crippen LogP contribution in [0.15, 0.2) is 40.3 Å². The van der Waals surface area contributed by atoms with Gasteiger partial charge in [0.1, 0.15) is 16.1 Å². The first-order valence-corrected chi connectivity index (χ1v) is 14.8. The first kappa shape index (κ1) is 26.1. The predicted octanol–water partition coefficient (Wildman–Crippen LogP) is 4.69. The number of aryl methyl sites for hydroxylation is 3. The number of hydrogen-bond acceptors (Lipinski definition) is 9. The van der Waals surface area contributed by atoms with Gasteiger partial charge in [-0.3, -0.25) is 9.52 Å². The van der Waals surface area contributed by atoms with Crippen LogP contribution in [-0.2, 0) is 27.7 Å². The van der Waals surface area contributed by atoms with Crippen LogP contribution in [-0.4, -0.2) is 34.8 Å². The Balaban J connectivity index is 1.42. The van der Waals surface area contributed by atoms with E-state index in [2.05, 4.69) is 26.3 Å². The number of benzene rings is 1. The van der Waals surface area contributed by atoms with E-state index in [1.165, 1.54) is 48.9 Å². The zero-order valence-corrected chi connectivity index (χ0v) is 22.4. The van der Waals surface area contributed by atoms with E-state index < -0.39 is 15.3 Å². The number of rotatable bonds is 7. The van der Waals surface area contributed by atoms with Crippen LogP contribution >= 0.6 is 23.1 Å². The molecular formula is C24H26N6O3S3. The second kappa shape index (κ2) is 11.4. The summed E-state index contributed by atoms with van der Waals surface area (Å²) >= 11 is 2.39. The Labute approximate surface area is 218 Å². The summed E-state index contributed by atoms with van der Waals surface area (Å²) in [6, 6.07) is 10.0. The lowest BCUT2D eigenvalue weighted by atomic mass is 9.96. The highest BCUT2D eigenvalue weighted by Gasteiger charge is 2.21. The van der Waals surface area contributed by atoms with E-state index >= 15 is 0 Å². The Morgan fingerprint density at radius 1 is 1.14 bits per heavy atom. The molecule has 1 aliphatic rings. The van der Waals surface area contributed by atoms with E-state index in [-0.39, 0.29) is 15.9 Å². The van der Waals surface area contributed by atoms with Crippen molar-refractivity contribution in [1.29, 1.82) is 5.26 Å². The lowest BCUT2D eigenvalue weighted by molar-refractivity contribution is -0.115. The highest BCUT2D eigenvalue weighted by Crippen LogP contribution is 2.30. The lowest BCUT2D eigenvalue weighted by Gasteiger charge is -2.17. The van der Waals surface area contributed by atoms with Gasteiger partial charge in [-0.2, -0.15) is 5.26 Å². The fourth-order valence-corrected chi connectivity index (χ4v) is 6.55. The summed E-state index contributed by atoms with van der Waals surface area (Å²) in [5, 5.41) is 20.9. The zero-order chi connectivity index (χ0) is 25.7. The molecule has 1 aliphatic carbocycles. The molecule has 2 aromatic heterocycles. The fourth-order valence-electron chi connectivity index (χ4n) is 3.83. The number of pyridine rings is 1. The van der Waals surface area contributed by atoms with E-state index in [0.29, 0.717) is 21.3 Å². The summed E-state index contributed by atoms with van der Waals surface area (Å²) in [7, 11) is -3.82. The first-order chi connectivity index (χ1) is 17.2. The number of amides is 1. The zero-order valence-electron chi connectivity index (χ0n) is 19.9. The largest absolute Gasteiger partial charge is 0.325 e. The minimum Gasteiger partial charge on any atom is -0.325 e. The lowest BCUT2D eigenvalue weighted by Crippen LogP contribution is -2.23. The molecule has 0 radical (unpaired) electrons. The SMILES string of the molecule is Cc1nnc(NS(=O)(=O)c2ccc(NC(=O)C(C)Sc3nc4c(cc3C#N)CCCCCC4)cc2)s1. The molecule has 188 valence electrons. The number of anilines is 2. The number of fused-ring (bicyclic) bond motifs is 1. The number of nitriles is 1. The van der Waals surface area contributed by atoms with Gasteiger partial charge in [-0.1, -0.05) is 35.9 Å². The van der Waals surface area contributed by atoms with Crippen molar-refractivity contribution >= 4 is 49.8 Å². The number of thioether (sulfide) groups is 1. The van der Waals surface area contributed by atoms with E-state index in [1.54, 1.807) is 13.8 Å². The number of hydrogen-bond donors (Lipinski definition) is 2. The van der Waals surface area contributed by atoms with Crippen molar-refractivity contribution in [2.24, 2.45) is 0 Å². The maximum Gasteiger partial charge on any atom is 0.263 e. The fraction of sp³-hybridized carbons (Fsp3) is 0.375. The van der Waals surface area contributed by atoms with Crippen molar-refractivity contribution in [2.45, 2.75) is 67.5 Å². The summed E-state index contributed by atoms with van der Waals surface area (Å²) in [6.07, 6.45) is 6.37. The van der Waals surface area contributed by atoms with E-state index in [9.17, 15) is 18.5 Å². The molecule has 4 rings (SSSR count). The molecule has 1 amide bonds. The van der Waals surface area contributed by atoms with Crippen molar-refractivity contribution in [1.82, 2.24) is 15.2 Å². The number of sulfonamides is 1. The highest BCUT2D eigenvalue weighted by molar-refractivity contribution is 8.00. The summed E-state index contributed by atoms with van der Waals surface area (Å²) < 4.78 is 27.5. The molecule has 9 nitrogen and oxygen atoms in total. The van der Waals surface area contributed by atoms with Gasteiger partial charge in [0, 0.05) is 11.4 Å². The molecule has 0 bridgehead atoms. The van der Waals surface area contributed by atoms with E-state index in [4.69, 9.17) is 4.98 Å². The third kappa shape index (κ3) is 6.40. The van der Waals surface area contributed by atoms with Gasteiger partial charge in [0.25, 0.3) is 10.0 Å². The minimum absolute atomic E-state index is 0.0411. The van der Waals surface area contributed by atoms with Crippen LogP contribution in [0.25, 0.3) is 0 Å². The number of nitrogens with zero attached hydrogens (tertiary/aromatic N) is 4. The van der Waals surface area contributed by atoms with Gasteiger partial charge in [0.15, 0.2) is 0 Å². The number of carbonyl (C=O) groups is 1. The Hall–Kier alpha value is -3.01. The first-order valence-electron chi connectivity index (χ1n) is 11.6. The second-order valence-electron chi connectivity index (χ2n) is 8.48. The van der Waals surface area contributed by atoms with Crippen molar-refractivity contribution < 1.29 is 13.2 Å². The van der Waals surface area contributed by atoms with E-state index in [0.717, 1.165) is 48.3 Å². The van der Waals surface area contributed by atoms with Crippen LogP contribution in [0, 0.1) is 18.3 Å². The van der Waals surface area contributed by atoms with E-state index in [1.807, 2.05) is 6.07 Å². The van der Waals surface area contributed by atoms with Crippen molar-refractivity contribution in [3.05, 3.63) is 52.2 Å². The smallest absolute Gasteiger partial charge is 0.263 e. The third-order valence-electron chi connectivity index (χ3n) is 5.72. The molecule has 1 atom stereocenters. The average Bonchev–Trinajstić information content (AvgIpc) is 3.23. The highest BCUT2D eigenvalue weighted by atomic mass is 32.2. The molecule has 12 heteroatoms. The quantitative estimate of drug-likeness (QED) is 0.410. The number of aromatic nitrogens is 3. The Morgan fingerprint density at radius 3 is 2.53 bits per heavy atom. The molecule has 36 heavy (non-hydrogen) atoms. The molecule has 0 aliphatic heterocycles. The van der Waals surface area contributed by atoms with Crippen molar-refractivity contribution in [2.75, 3.05) is 10.0 Å². The molecule has 1 unspecified atom stereocenters. The van der Waals surface area contributed by atoms with Gasteiger partial charge < -0.3 is 5.32 Å². The average molecular weight is 543 g/mol. The standard InChI is InChI=1S/C24H26N6O3S3/c1-15(34-23-18(14-25)13-17-7-5-3-4-6-8-21(17)27-23)22(31)26-19-9-11-20(12-10-19)36(32,33)30-24-29-28-16(2)35-24/h9-13,15H,3-8H2,1-2H3,(H,26,31)(H,29,30). The summed E-state index contributed by atoms with van der Waals surface area (Å²) in [6.45, 7) is 3.49. The van der Waals surface area contributed by atoms with Gasteiger partial charge in [0.2, 0.25) is 11.0 Å². The molecule has 0 spiro atoms. The topological polar surface area (TPSA) is 138 Å². The minimum atomic E-state index is -3.82. The van der Waals surface area contributed by atoms with Crippen molar-refractivity contribution in [3.63, 3.8) is 0 Å². The maximum absolute atomic E-state index is 12.8. The summed E-state index contributed by atoms with van der Waals surface area (Å²) in [5.41, 5.74) is 3.12. The van der Waals surface area contributed by atoms with Gasteiger partial charge >= 0.3 is 0 Å². The summed E-state index contributed by atoms with van der Waals surface area (Å²) in [4.78, 5) is 17.7. The molecule has 0 saturated heterocycles. The molecule has 2 heterocycles. The molecular weight excluding hydrogens is 517 g/mol. The third-order valence-corrected chi connectivity index (χ3v) is 9.06. The van der Waals surface area contributed by atoms with Crippen LogP contribution in [0.2, 0.25) is 0 Å². The summed E-state index contributed by atoms with van der Waals surface area (Å²) in [5.74, 6) is -0.268. The molecule has 2 N–H and O–H groups in total. The second-order valence-corrected chi connectivity index (χ2v) is 12.7. The molecule has 1 aromatic carbocycles. The van der Waals surface area contributed by atoms with Crippen molar-refractivity contribution in [3.8, 4) is 6.07 Å². The monoisotopic (exact) mass is 542 g/mol. The van der Waals surface area contributed by atoms with Crippen LogP contribution in [0.1, 0.15) is 54.4 Å². The Bertz CT molecular complexity index is 1400. The molecule has 3 aromatic rings. The predicted molar refractivity (Wildman–Crippen MR) is 141 cm³/mol. The van der Waals surface area contributed by atoms with Gasteiger partial charge in [-0.05, 0) is 75.4 Å². The Morgan fingerprint density at radius 2 is 1.86 bits per heavy atom. The van der Waals surface area contributed by atoms with Crippen LogP contribution in [0.4, 0.5) is 10.8 Å². The van der Waals surface area contributed by atoms with Gasteiger partial charge in [0.05, 0.1) is 15.7 Å². The van der Waals surface area contributed by atoms with Gasteiger partial charge in [-0.25, -0.2) is 13.4 Å². The van der Waals surface area contributed by atoms with Crippen LogP contribution in [0.3, 0.4) is 0 Å². The normalized spacial score (nSPS) is 14.6. The number of nitrogens with one attached hydrogen (secondary N) is 2.